The van der Waals surface area contributed by atoms with Crippen LogP contribution in [0.15, 0.2) is 72.8 Å². The number of hydrogen-bond acceptors (Lipinski definition) is 1. The van der Waals surface area contributed by atoms with E-state index in [1.807, 2.05) is 42.5 Å². The maximum atomic E-state index is 13.3. The van der Waals surface area contributed by atoms with Crippen molar-refractivity contribution in [2.24, 2.45) is 0 Å². The van der Waals surface area contributed by atoms with Crippen LogP contribution in [-0.4, -0.2) is 5.91 Å². The van der Waals surface area contributed by atoms with Crippen LogP contribution >= 0.6 is 0 Å². The summed E-state index contributed by atoms with van der Waals surface area (Å²) in [5.41, 5.74) is 1.65. The number of anilines is 1. The van der Waals surface area contributed by atoms with Gasteiger partial charge in [0.15, 0.2) is 0 Å². The zero-order chi connectivity index (χ0) is 16.4. The fourth-order valence-electron chi connectivity index (χ4n) is 3.96. The van der Waals surface area contributed by atoms with Gasteiger partial charge < -0.3 is 5.32 Å². The van der Waals surface area contributed by atoms with E-state index in [-0.39, 0.29) is 5.91 Å². The van der Waals surface area contributed by atoms with Crippen LogP contribution in [0.25, 0.3) is 10.8 Å². The van der Waals surface area contributed by atoms with Crippen molar-refractivity contribution in [3.05, 3.63) is 78.4 Å². The van der Waals surface area contributed by atoms with E-state index in [4.69, 9.17) is 0 Å². The molecule has 24 heavy (non-hydrogen) atoms. The van der Waals surface area contributed by atoms with Gasteiger partial charge in [-0.05, 0) is 29.9 Å². The quantitative estimate of drug-likeness (QED) is 0.699. The van der Waals surface area contributed by atoms with E-state index in [9.17, 15) is 4.79 Å². The second-order valence-corrected chi connectivity index (χ2v) is 6.64. The first-order valence-corrected chi connectivity index (χ1v) is 8.64. The van der Waals surface area contributed by atoms with Crippen molar-refractivity contribution in [1.29, 1.82) is 0 Å². The summed E-state index contributed by atoms with van der Waals surface area (Å²) in [7, 11) is 0. The molecule has 0 heterocycles. The van der Waals surface area contributed by atoms with E-state index >= 15 is 0 Å². The molecule has 1 fully saturated rings. The second-order valence-electron chi connectivity index (χ2n) is 6.64. The van der Waals surface area contributed by atoms with Crippen molar-refractivity contribution in [2.45, 2.75) is 31.1 Å². The van der Waals surface area contributed by atoms with Crippen LogP contribution in [0.1, 0.15) is 31.2 Å². The molecule has 2 heteroatoms. The number of carbonyl (C=O) groups is 1. The predicted octanol–water partition coefficient (Wildman–Crippen LogP) is 5.29. The molecule has 0 bridgehead atoms. The average molecular weight is 315 g/mol. The SMILES string of the molecule is O=C(Nc1cccc2ccccc12)C1(c2ccccc2)CCCC1. The molecular formula is C22H21NO. The molecule has 1 aliphatic carbocycles. The van der Waals surface area contributed by atoms with Crippen LogP contribution in [0.4, 0.5) is 5.69 Å². The minimum absolute atomic E-state index is 0.127. The van der Waals surface area contributed by atoms with Gasteiger partial charge in [-0.25, -0.2) is 0 Å². The van der Waals surface area contributed by atoms with Gasteiger partial charge in [-0.2, -0.15) is 0 Å². The molecule has 0 atom stereocenters. The zero-order valence-corrected chi connectivity index (χ0v) is 13.7. The highest BCUT2D eigenvalue weighted by atomic mass is 16.2. The van der Waals surface area contributed by atoms with Gasteiger partial charge in [0, 0.05) is 11.1 Å². The molecule has 3 aromatic carbocycles. The Morgan fingerprint density at radius 1 is 0.792 bits per heavy atom. The van der Waals surface area contributed by atoms with E-state index < -0.39 is 5.41 Å². The third-order valence-corrected chi connectivity index (χ3v) is 5.26. The van der Waals surface area contributed by atoms with E-state index in [0.717, 1.165) is 47.7 Å². The van der Waals surface area contributed by atoms with Gasteiger partial charge in [0.2, 0.25) is 5.91 Å². The number of carbonyl (C=O) groups excluding carboxylic acids is 1. The lowest BCUT2D eigenvalue weighted by Crippen LogP contribution is -2.38. The Balaban J connectivity index is 1.72. The Morgan fingerprint density at radius 3 is 2.25 bits per heavy atom. The summed E-state index contributed by atoms with van der Waals surface area (Å²) < 4.78 is 0. The number of amides is 1. The minimum Gasteiger partial charge on any atom is -0.325 e. The smallest absolute Gasteiger partial charge is 0.235 e. The predicted molar refractivity (Wildman–Crippen MR) is 99.2 cm³/mol. The van der Waals surface area contributed by atoms with Crippen molar-refractivity contribution in [1.82, 2.24) is 0 Å². The highest BCUT2D eigenvalue weighted by Gasteiger charge is 2.42. The minimum atomic E-state index is -0.391. The summed E-state index contributed by atoms with van der Waals surface area (Å²) in [5, 5.41) is 5.47. The lowest BCUT2D eigenvalue weighted by Gasteiger charge is -2.28. The third-order valence-electron chi connectivity index (χ3n) is 5.26. The Hall–Kier alpha value is -2.61. The van der Waals surface area contributed by atoms with Crippen LogP contribution in [0, 0.1) is 0 Å². The molecule has 0 aliphatic heterocycles. The Morgan fingerprint density at radius 2 is 1.46 bits per heavy atom. The molecule has 1 saturated carbocycles. The van der Waals surface area contributed by atoms with Crippen LogP contribution in [0.5, 0.6) is 0 Å². The number of nitrogens with one attached hydrogen (secondary N) is 1. The van der Waals surface area contributed by atoms with Gasteiger partial charge >= 0.3 is 0 Å². The first-order valence-electron chi connectivity index (χ1n) is 8.64. The highest BCUT2D eigenvalue weighted by molar-refractivity contribution is 6.06. The molecule has 1 N–H and O–H groups in total. The molecule has 0 saturated heterocycles. The topological polar surface area (TPSA) is 29.1 Å². The first kappa shape index (κ1) is 14.9. The normalized spacial score (nSPS) is 16.2. The van der Waals surface area contributed by atoms with E-state index in [2.05, 4.69) is 35.6 Å². The first-order chi connectivity index (χ1) is 11.8. The average Bonchev–Trinajstić information content (AvgIpc) is 3.14. The fraction of sp³-hybridized carbons (Fsp3) is 0.227. The highest BCUT2D eigenvalue weighted by Crippen LogP contribution is 2.42. The number of hydrogen-bond donors (Lipinski definition) is 1. The molecular weight excluding hydrogens is 294 g/mol. The summed E-state index contributed by atoms with van der Waals surface area (Å²) in [6.45, 7) is 0. The molecule has 4 rings (SSSR count). The maximum absolute atomic E-state index is 13.3. The number of fused-ring (bicyclic) bond motifs is 1. The van der Waals surface area contributed by atoms with Gasteiger partial charge in [-0.15, -0.1) is 0 Å². The summed E-state index contributed by atoms with van der Waals surface area (Å²) in [4.78, 5) is 13.3. The van der Waals surface area contributed by atoms with Crippen LogP contribution in [0.3, 0.4) is 0 Å². The van der Waals surface area contributed by atoms with Gasteiger partial charge in [-0.3, -0.25) is 4.79 Å². The van der Waals surface area contributed by atoms with Crippen molar-refractivity contribution in [3.63, 3.8) is 0 Å². The molecule has 3 aromatic rings. The Labute approximate surface area is 142 Å². The lowest BCUT2D eigenvalue weighted by atomic mass is 9.78. The fourth-order valence-corrected chi connectivity index (χ4v) is 3.96. The van der Waals surface area contributed by atoms with E-state index in [0.29, 0.717) is 0 Å². The molecule has 1 aliphatic rings. The van der Waals surface area contributed by atoms with Crippen molar-refractivity contribution < 1.29 is 4.79 Å². The number of benzene rings is 3. The Kier molecular flexibility index (Phi) is 3.81. The molecule has 1 amide bonds. The van der Waals surface area contributed by atoms with E-state index in [1.54, 1.807) is 0 Å². The third kappa shape index (κ3) is 2.48. The summed E-state index contributed by atoms with van der Waals surface area (Å²) in [6.07, 6.45) is 4.07. The van der Waals surface area contributed by atoms with Gasteiger partial charge in [0.1, 0.15) is 0 Å². The van der Waals surface area contributed by atoms with Crippen LogP contribution in [-0.2, 0) is 10.2 Å². The molecule has 0 aromatic heterocycles. The van der Waals surface area contributed by atoms with Crippen LogP contribution < -0.4 is 5.32 Å². The van der Waals surface area contributed by atoms with Gasteiger partial charge in [0.05, 0.1) is 5.41 Å². The molecule has 120 valence electrons. The maximum Gasteiger partial charge on any atom is 0.235 e. The van der Waals surface area contributed by atoms with Crippen molar-refractivity contribution in [3.8, 4) is 0 Å². The van der Waals surface area contributed by atoms with Crippen molar-refractivity contribution >= 4 is 22.4 Å². The molecule has 0 spiro atoms. The lowest BCUT2D eigenvalue weighted by molar-refractivity contribution is -0.121. The monoisotopic (exact) mass is 315 g/mol. The largest absolute Gasteiger partial charge is 0.325 e. The molecule has 2 nitrogen and oxygen atoms in total. The zero-order valence-electron chi connectivity index (χ0n) is 13.7. The summed E-state index contributed by atoms with van der Waals surface area (Å²) in [6, 6.07) is 24.5. The molecule has 0 unspecified atom stereocenters. The second kappa shape index (κ2) is 6.12. The molecule has 0 radical (unpaired) electrons. The van der Waals surface area contributed by atoms with E-state index in [1.165, 1.54) is 0 Å². The van der Waals surface area contributed by atoms with Crippen LogP contribution in [0.2, 0.25) is 0 Å². The van der Waals surface area contributed by atoms with Gasteiger partial charge in [-0.1, -0.05) is 79.6 Å². The summed E-state index contributed by atoms with van der Waals surface area (Å²) in [5.74, 6) is 0.127. The summed E-state index contributed by atoms with van der Waals surface area (Å²) >= 11 is 0. The standard InChI is InChI=1S/C22H21NO/c24-21(22(15-6-7-16-22)18-11-2-1-3-12-18)23-20-14-8-10-17-9-4-5-13-19(17)20/h1-5,8-14H,6-7,15-16H2,(H,23,24). The van der Waals surface area contributed by atoms with Crippen molar-refractivity contribution in [2.75, 3.05) is 5.32 Å². The number of rotatable bonds is 3. The van der Waals surface area contributed by atoms with Gasteiger partial charge in [0.25, 0.3) is 0 Å². The Bertz CT molecular complexity index is 858.